The second-order valence-electron chi connectivity index (χ2n) is 4.85. The summed E-state index contributed by atoms with van der Waals surface area (Å²) in [5.74, 6) is 1.05. The zero-order chi connectivity index (χ0) is 22.2. The molecule has 1 N–H and O–H groups in total. The molecule has 0 unspecified atom stereocenters. The number of carbonyl (C=O) groups is 1. The monoisotopic (exact) mass is 445 g/mol. The van der Waals surface area contributed by atoms with Crippen molar-refractivity contribution in [3.8, 4) is 11.9 Å². The van der Waals surface area contributed by atoms with Crippen molar-refractivity contribution in [2.24, 2.45) is 0 Å². The second-order valence-corrected chi connectivity index (χ2v) is 4.85. The fourth-order valence-corrected chi connectivity index (χ4v) is 1.91. The number of rotatable bonds is 4. The number of nitrogens with zero attached hydrogens (tertiary/aromatic N) is 8. The van der Waals surface area contributed by atoms with Gasteiger partial charge in [0, 0.05) is 45.6 Å². The van der Waals surface area contributed by atoms with Gasteiger partial charge in [-0.3, -0.25) is 13.9 Å². The van der Waals surface area contributed by atoms with Crippen molar-refractivity contribution in [1.29, 1.82) is 0 Å². The number of imidazole rings is 2. The summed E-state index contributed by atoms with van der Waals surface area (Å²) >= 11 is 0. The van der Waals surface area contributed by atoms with Crippen molar-refractivity contribution in [2.75, 3.05) is 0 Å². The summed E-state index contributed by atoms with van der Waals surface area (Å²) in [4.78, 5) is 34.1. The topological polar surface area (TPSA) is 125 Å². The van der Waals surface area contributed by atoms with E-state index in [0.29, 0.717) is 29.6 Å². The normalized spacial score (nSPS) is 8.53. The third-order valence-electron chi connectivity index (χ3n) is 3.09. The smallest absolute Gasteiger partial charge is 1.00 e. The van der Waals surface area contributed by atoms with Gasteiger partial charge in [0.15, 0.2) is 6.29 Å². The van der Waals surface area contributed by atoms with Gasteiger partial charge in [-0.1, -0.05) is 27.7 Å². The molecule has 4 aromatic rings. The minimum absolute atomic E-state index is 0. The van der Waals surface area contributed by atoms with E-state index >= 15 is 0 Å². The maximum atomic E-state index is 10.3. The molecule has 163 valence electrons. The molecule has 12 heteroatoms. The van der Waals surface area contributed by atoms with Crippen LogP contribution in [0.5, 0.6) is 0 Å². The Kier molecular flexibility index (Phi) is 18.7. The van der Waals surface area contributed by atoms with Gasteiger partial charge in [0.2, 0.25) is 11.9 Å². The van der Waals surface area contributed by atoms with Gasteiger partial charge in [0.1, 0.15) is 18.3 Å². The zero-order valence-electron chi connectivity index (χ0n) is 20.1. The maximum absolute atomic E-state index is 10.3. The molecule has 0 aliphatic rings. The van der Waals surface area contributed by atoms with E-state index in [2.05, 4.69) is 29.9 Å². The van der Waals surface area contributed by atoms with Crippen LogP contribution in [0.3, 0.4) is 0 Å². The molecule has 0 saturated heterocycles. The molecule has 0 spiro atoms. The van der Waals surface area contributed by atoms with E-state index in [1.54, 1.807) is 64.8 Å². The average Bonchev–Trinajstić information content (AvgIpc) is 3.53. The van der Waals surface area contributed by atoms with Crippen LogP contribution in [0, 0.1) is 0 Å². The van der Waals surface area contributed by atoms with Crippen LogP contribution in [-0.2, 0) is 6.61 Å². The molecule has 10 nitrogen and oxygen atoms in total. The van der Waals surface area contributed by atoms with E-state index < -0.39 is 0 Å². The van der Waals surface area contributed by atoms with E-state index in [-0.39, 0.29) is 46.0 Å². The van der Waals surface area contributed by atoms with Crippen molar-refractivity contribution < 1.29 is 40.9 Å². The minimum atomic E-state index is -0.0696. The minimum Gasteiger partial charge on any atom is -1.00 e. The van der Waals surface area contributed by atoms with Crippen molar-refractivity contribution >= 4 is 14.7 Å². The number of hydrogen-bond acceptors (Lipinski definition) is 8. The van der Waals surface area contributed by atoms with E-state index in [9.17, 15) is 4.79 Å². The van der Waals surface area contributed by atoms with Gasteiger partial charge in [-0.2, -0.15) is 0 Å². The van der Waals surface area contributed by atoms with Crippen molar-refractivity contribution in [3.05, 3.63) is 73.4 Å². The molecule has 0 aliphatic heterocycles. The summed E-state index contributed by atoms with van der Waals surface area (Å²) in [7, 11) is 0. The summed E-state index contributed by atoms with van der Waals surface area (Å²) in [5.41, 5.74) is 0.972. The first-order valence-electron chi connectivity index (χ1n) is 9.48. The Morgan fingerprint density at radius 1 is 0.812 bits per heavy atom. The Morgan fingerprint density at radius 3 is 1.62 bits per heavy atom. The predicted molar refractivity (Wildman–Crippen MR) is 119 cm³/mol. The number of aromatic nitrogens is 8. The average molecular weight is 445 g/mol. The molecule has 0 atom stereocenters. The summed E-state index contributed by atoms with van der Waals surface area (Å²) in [6.45, 7) is 7.93. The molecule has 0 aliphatic carbocycles. The molecule has 3 radical (unpaired) electrons. The summed E-state index contributed by atoms with van der Waals surface area (Å²) in [6, 6.07) is 3.47. The van der Waals surface area contributed by atoms with Crippen molar-refractivity contribution in [1.82, 2.24) is 39.0 Å². The van der Waals surface area contributed by atoms with Gasteiger partial charge in [-0.25, -0.2) is 29.9 Å². The van der Waals surface area contributed by atoms with Gasteiger partial charge in [0.25, 0.3) is 0 Å². The number of aldehydes is 1. The third-order valence-corrected chi connectivity index (χ3v) is 3.09. The van der Waals surface area contributed by atoms with Gasteiger partial charge < -0.3 is 6.53 Å². The van der Waals surface area contributed by atoms with Crippen LogP contribution in [0.1, 0.15) is 45.3 Å². The first kappa shape index (κ1) is 31.5. The Balaban J connectivity index is -0.000000439. The molecule has 32 heavy (non-hydrogen) atoms. The molecule has 4 aromatic heterocycles. The Morgan fingerprint density at radius 2 is 1.25 bits per heavy atom. The molecule has 0 amide bonds. The summed E-state index contributed by atoms with van der Waals surface area (Å²) in [5, 5.41) is 8.78. The van der Waals surface area contributed by atoms with Crippen LogP contribution in [-0.4, -0.2) is 58.8 Å². The van der Waals surface area contributed by atoms with Crippen LogP contribution in [0.4, 0.5) is 0 Å². The first-order chi connectivity index (χ1) is 14.8. The largest absolute Gasteiger partial charge is 1.00 e. The molecular weight excluding hydrogens is 418 g/mol. The molecule has 0 saturated carbocycles. The number of hydrogen-bond donors (Lipinski definition) is 1. The summed E-state index contributed by atoms with van der Waals surface area (Å²) < 4.78 is 3.25. The summed E-state index contributed by atoms with van der Waals surface area (Å²) in [6.07, 6.45) is 13.6. The molecule has 4 rings (SSSR count). The number of carbonyl (C=O) groups excluding carboxylic acids is 1. The molecule has 0 bridgehead atoms. The predicted octanol–water partition coefficient (Wildman–Crippen LogP) is -0.582. The van der Waals surface area contributed by atoms with Crippen molar-refractivity contribution in [2.45, 2.75) is 34.3 Å². The second kappa shape index (κ2) is 19.0. The Labute approximate surface area is 213 Å². The Bertz CT molecular complexity index is 974. The zero-order valence-corrected chi connectivity index (χ0v) is 21.1. The van der Waals surface area contributed by atoms with Gasteiger partial charge in [-0.15, -0.1) is 0 Å². The fourth-order valence-electron chi connectivity index (χ4n) is 1.91. The van der Waals surface area contributed by atoms with Gasteiger partial charge in [-0.05, 0) is 12.1 Å². The molecule has 4 heterocycles. The van der Waals surface area contributed by atoms with Crippen molar-refractivity contribution in [3.63, 3.8) is 0 Å². The van der Waals surface area contributed by atoms with Crippen LogP contribution < -0.4 is 29.6 Å². The van der Waals surface area contributed by atoms with Crippen LogP contribution in [0.2, 0.25) is 0 Å². The van der Waals surface area contributed by atoms with Crippen LogP contribution in [0.15, 0.2) is 62.0 Å². The standard InChI is InChI=1S/C8H8N4O.C8H6N4O.2C2H6.B.Na.H/c2*13-5-7-4-12(6-11-7)8-9-2-1-3-10-8;2*1-2;;;/h1-4,6,13H,5H2;1-6H;2*1-2H3;;;/q;;;;;+1;-1. The fraction of sp³-hybridized carbons (Fsp3) is 0.250. The number of aliphatic hydroxyl groups excluding tert-OH is 1. The third kappa shape index (κ3) is 10.1. The van der Waals surface area contributed by atoms with Crippen LogP contribution in [0.25, 0.3) is 11.9 Å². The molecular formula is C20H27BN8NaO2. The van der Waals surface area contributed by atoms with Crippen LogP contribution >= 0.6 is 0 Å². The first-order valence-corrected chi connectivity index (χ1v) is 9.48. The SMILES string of the molecule is CC.CC.O=Cc1cn(-c2ncccn2)cn1.OCc1cn(-c2ncccn2)cn1.[B].[H-].[Na+]. The van der Waals surface area contributed by atoms with E-state index in [4.69, 9.17) is 5.11 Å². The van der Waals surface area contributed by atoms with E-state index in [1.807, 2.05) is 27.7 Å². The Hall–Kier alpha value is -2.73. The van der Waals surface area contributed by atoms with E-state index in [0.717, 1.165) is 0 Å². The van der Waals surface area contributed by atoms with Gasteiger partial charge in [0.05, 0.1) is 12.3 Å². The van der Waals surface area contributed by atoms with E-state index in [1.165, 1.54) is 6.33 Å². The molecule has 0 fully saturated rings. The maximum Gasteiger partial charge on any atom is 1.00 e. The quantitative estimate of drug-likeness (QED) is 0.327. The van der Waals surface area contributed by atoms with Gasteiger partial charge >= 0.3 is 29.6 Å². The molecule has 0 aromatic carbocycles. The number of aliphatic hydroxyl groups is 1.